The van der Waals surface area contributed by atoms with Gasteiger partial charge in [0.15, 0.2) is 0 Å². The summed E-state index contributed by atoms with van der Waals surface area (Å²) in [7, 11) is 0. The molecule has 0 aromatic carbocycles. The van der Waals surface area contributed by atoms with E-state index >= 15 is 0 Å². The van der Waals surface area contributed by atoms with Gasteiger partial charge in [-0.15, -0.1) is 11.3 Å². The van der Waals surface area contributed by atoms with E-state index in [1.54, 1.807) is 11.3 Å². The van der Waals surface area contributed by atoms with Crippen LogP contribution in [0.15, 0.2) is 14.3 Å². The molecule has 0 saturated heterocycles. The van der Waals surface area contributed by atoms with Gasteiger partial charge in [0.25, 0.3) is 0 Å². The lowest BCUT2D eigenvalue weighted by Gasteiger charge is -2.10. The summed E-state index contributed by atoms with van der Waals surface area (Å²) in [6.07, 6.45) is 0.799. The zero-order chi connectivity index (χ0) is 10.6. The molecule has 2 N–H and O–H groups in total. The molecular weight excluding hydrogens is 330 g/mol. The second-order valence-corrected chi connectivity index (χ2v) is 6.44. The van der Waals surface area contributed by atoms with Crippen molar-refractivity contribution in [3.05, 3.63) is 19.2 Å². The van der Waals surface area contributed by atoms with Gasteiger partial charge in [-0.25, -0.2) is 0 Å². The van der Waals surface area contributed by atoms with Crippen LogP contribution in [0.3, 0.4) is 0 Å². The van der Waals surface area contributed by atoms with Gasteiger partial charge in [0.05, 0.1) is 3.79 Å². The van der Waals surface area contributed by atoms with Gasteiger partial charge in [0.2, 0.25) is 0 Å². The first-order chi connectivity index (χ1) is 6.63. The lowest BCUT2D eigenvalue weighted by atomic mass is 10.2. The van der Waals surface area contributed by atoms with E-state index < -0.39 is 0 Å². The maximum absolute atomic E-state index is 8.73. The lowest BCUT2D eigenvalue weighted by Crippen LogP contribution is -2.25. The van der Waals surface area contributed by atoms with Gasteiger partial charge in [-0.1, -0.05) is 0 Å². The number of hydrogen-bond donors (Lipinski definition) is 2. The Hall–Kier alpha value is 0.580. The molecular formula is C9H13Br2NOS. The van der Waals surface area contributed by atoms with Crippen LogP contribution in [0.2, 0.25) is 0 Å². The molecule has 0 saturated carbocycles. The zero-order valence-electron chi connectivity index (χ0n) is 7.89. The normalized spacial score (nSPS) is 13.1. The van der Waals surface area contributed by atoms with Crippen molar-refractivity contribution >= 4 is 43.2 Å². The van der Waals surface area contributed by atoms with Gasteiger partial charge >= 0.3 is 0 Å². The maximum Gasteiger partial charge on any atom is 0.0843 e. The summed E-state index contributed by atoms with van der Waals surface area (Å²) < 4.78 is 2.23. The summed E-state index contributed by atoms with van der Waals surface area (Å²) in [5, 5.41) is 12.1. The number of nitrogens with one attached hydrogen (secondary N) is 1. The van der Waals surface area contributed by atoms with E-state index in [0.717, 1.165) is 21.2 Å². The Morgan fingerprint density at radius 3 is 2.79 bits per heavy atom. The first kappa shape index (κ1) is 12.6. The van der Waals surface area contributed by atoms with E-state index in [0.29, 0.717) is 6.04 Å². The molecule has 0 aliphatic carbocycles. The van der Waals surface area contributed by atoms with Crippen LogP contribution in [0.25, 0.3) is 0 Å². The van der Waals surface area contributed by atoms with E-state index in [2.05, 4.69) is 50.2 Å². The van der Waals surface area contributed by atoms with Crippen LogP contribution in [-0.2, 0) is 6.54 Å². The largest absolute Gasteiger partial charge is 0.396 e. The minimum Gasteiger partial charge on any atom is -0.396 e. The van der Waals surface area contributed by atoms with Crippen LogP contribution < -0.4 is 5.32 Å². The molecule has 0 bridgehead atoms. The number of rotatable bonds is 5. The second-order valence-electron chi connectivity index (χ2n) is 3.13. The second kappa shape index (κ2) is 6.23. The smallest absolute Gasteiger partial charge is 0.0843 e. The fourth-order valence-corrected chi connectivity index (χ4v) is 3.18. The zero-order valence-corrected chi connectivity index (χ0v) is 11.9. The average Bonchev–Trinajstić information content (AvgIpc) is 2.44. The molecule has 0 spiro atoms. The lowest BCUT2D eigenvalue weighted by molar-refractivity contribution is 0.269. The van der Waals surface area contributed by atoms with Crippen LogP contribution >= 0.6 is 43.2 Å². The van der Waals surface area contributed by atoms with Gasteiger partial charge in [0, 0.05) is 28.5 Å². The van der Waals surface area contributed by atoms with Gasteiger partial charge < -0.3 is 10.4 Å². The number of aliphatic hydroxyl groups is 1. The first-order valence-corrected chi connectivity index (χ1v) is 6.81. The van der Waals surface area contributed by atoms with E-state index in [9.17, 15) is 0 Å². The Morgan fingerprint density at radius 1 is 1.57 bits per heavy atom. The molecule has 0 amide bonds. The summed E-state index contributed by atoms with van der Waals surface area (Å²) in [6, 6.07) is 2.47. The third-order valence-electron chi connectivity index (χ3n) is 1.88. The summed E-state index contributed by atoms with van der Waals surface area (Å²) in [5.41, 5.74) is 0. The highest BCUT2D eigenvalue weighted by Gasteiger charge is 2.05. The van der Waals surface area contributed by atoms with Crippen molar-refractivity contribution in [3.8, 4) is 0 Å². The third kappa shape index (κ3) is 3.98. The molecule has 0 radical (unpaired) electrons. The Balaban J connectivity index is 2.38. The Bertz CT molecular complexity index is 271. The molecule has 2 nitrogen and oxygen atoms in total. The van der Waals surface area contributed by atoms with Crippen molar-refractivity contribution in [1.29, 1.82) is 0 Å². The van der Waals surface area contributed by atoms with Gasteiger partial charge in [-0.2, -0.15) is 0 Å². The molecule has 5 heteroatoms. The number of aliphatic hydroxyl groups excluding tert-OH is 1. The van der Waals surface area contributed by atoms with Gasteiger partial charge in [0.1, 0.15) is 0 Å². The maximum atomic E-state index is 8.73. The fourth-order valence-electron chi connectivity index (χ4n) is 1.05. The summed E-state index contributed by atoms with van der Waals surface area (Å²) in [5.74, 6) is 0. The van der Waals surface area contributed by atoms with Crippen molar-refractivity contribution in [2.24, 2.45) is 0 Å². The molecule has 0 aliphatic heterocycles. The van der Waals surface area contributed by atoms with Crippen LogP contribution in [0.5, 0.6) is 0 Å². The molecule has 1 aromatic rings. The standard InChI is InChI=1S/C9H13Br2NOS/c1-6(2-3-13)12-5-7-4-8(10)9(11)14-7/h4,6,12-13H,2-3,5H2,1H3. The fraction of sp³-hybridized carbons (Fsp3) is 0.556. The first-order valence-electron chi connectivity index (χ1n) is 4.41. The van der Waals surface area contributed by atoms with Crippen LogP contribution in [-0.4, -0.2) is 17.8 Å². The third-order valence-corrected chi connectivity index (χ3v) is 5.14. The number of halogens is 2. The van der Waals surface area contributed by atoms with Crippen molar-refractivity contribution in [1.82, 2.24) is 5.32 Å². The Kier molecular flexibility index (Phi) is 5.62. The highest BCUT2D eigenvalue weighted by atomic mass is 79.9. The number of hydrogen-bond acceptors (Lipinski definition) is 3. The average molecular weight is 343 g/mol. The van der Waals surface area contributed by atoms with E-state index in [4.69, 9.17) is 5.11 Å². The van der Waals surface area contributed by atoms with Gasteiger partial charge in [-0.05, 0) is 51.3 Å². The summed E-state index contributed by atoms with van der Waals surface area (Å²) >= 11 is 8.63. The van der Waals surface area contributed by atoms with Crippen molar-refractivity contribution < 1.29 is 5.11 Å². The molecule has 1 atom stereocenters. The quantitative estimate of drug-likeness (QED) is 0.861. The SMILES string of the molecule is CC(CCO)NCc1cc(Br)c(Br)s1. The molecule has 14 heavy (non-hydrogen) atoms. The van der Waals surface area contributed by atoms with E-state index in [-0.39, 0.29) is 6.61 Å². The molecule has 1 heterocycles. The minimum atomic E-state index is 0.242. The molecule has 1 rings (SSSR count). The monoisotopic (exact) mass is 341 g/mol. The van der Waals surface area contributed by atoms with E-state index in [1.807, 2.05) is 0 Å². The molecule has 1 aromatic heterocycles. The molecule has 0 fully saturated rings. The van der Waals surface area contributed by atoms with Gasteiger partial charge in [-0.3, -0.25) is 0 Å². The highest BCUT2D eigenvalue weighted by molar-refractivity contribution is 9.13. The number of thiophene rings is 1. The predicted octanol–water partition coefficient (Wildman–Crippen LogP) is 3.13. The van der Waals surface area contributed by atoms with Crippen LogP contribution in [0, 0.1) is 0 Å². The molecule has 1 unspecified atom stereocenters. The van der Waals surface area contributed by atoms with Crippen molar-refractivity contribution in [2.45, 2.75) is 25.9 Å². The van der Waals surface area contributed by atoms with Crippen LogP contribution in [0.1, 0.15) is 18.2 Å². The Morgan fingerprint density at radius 2 is 2.29 bits per heavy atom. The summed E-state index contributed by atoms with van der Waals surface area (Å²) in [4.78, 5) is 1.29. The minimum absolute atomic E-state index is 0.242. The van der Waals surface area contributed by atoms with Crippen LogP contribution in [0.4, 0.5) is 0 Å². The molecule has 0 aliphatic rings. The molecule has 80 valence electrons. The Labute approximate surface area is 105 Å². The van der Waals surface area contributed by atoms with Crippen molar-refractivity contribution in [2.75, 3.05) is 6.61 Å². The van der Waals surface area contributed by atoms with Crippen molar-refractivity contribution in [3.63, 3.8) is 0 Å². The predicted molar refractivity (Wildman–Crippen MR) is 67.7 cm³/mol. The topological polar surface area (TPSA) is 32.3 Å². The highest BCUT2D eigenvalue weighted by Crippen LogP contribution is 2.32. The summed E-state index contributed by atoms with van der Waals surface area (Å²) in [6.45, 7) is 3.18. The van der Waals surface area contributed by atoms with E-state index in [1.165, 1.54) is 4.88 Å².